The summed E-state index contributed by atoms with van der Waals surface area (Å²) in [6.07, 6.45) is 2.17. The molecule has 2 atom stereocenters. The average Bonchev–Trinajstić information content (AvgIpc) is 3.49. The van der Waals surface area contributed by atoms with Crippen molar-refractivity contribution >= 4 is 37.0 Å². The molecule has 0 aromatic carbocycles. The number of fused-ring (bicyclic) bond motifs is 1. The van der Waals surface area contributed by atoms with Crippen molar-refractivity contribution in [3.63, 3.8) is 0 Å². The summed E-state index contributed by atoms with van der Waals surface area (Å²) in [6, 6.07) is 5.27. The summed E-state index contributed by atoms with van der Waals surface area (Å²) in [7, 11) is -0.400. The van der Waals surface area contributed by atoms with Crippen LogP contribution in [0.3, 0.4) is 0 Å². The number of anilines is 1. The highest BCUT2D eigenvalue weighted by Crippen LogP contribution is 2.42. The standard InChI is InChI=1S/C29H40N4O7Si/c1-18(40-41(7,8)28(3,4)5)16-39-20-13-22(32-24(14-20)29(37-6)10-12-38-17-29)25-21-9-11-30-15-23(21)33(27(35)36)26(25)31-19(2)34/h9,11,13-15,18H,10,12,16-17H2,1-8H3,(H,31,34)(H,35,36)/t18?,29-/m0/s1. The van der Waals surface area contributed by atoms with Crippen molar-refractivity contribution in [2.75, 3.05) is 32.2 Å². The first-order chi connectivity index (χ1) is 19.2. The number of nitrogens with zero attached hydrogens (tertiary/aromatic N) is 3. The fourth-order valence-electron chi connectivity index (χ4n) is 4.77. The van der Waals surface area contributed by atoms with Gasteiger partial charge in [0.1, 0.15) is 23.8 Å². The van der Waals surface area contributed by atoms with Crippen LogP contribution in [0.5, 0.6) is 5.75 Å². The third kappa shape index (κ3) is 6.15. The first kappa shape index (κ1) is 30.6. The van der Waals surface area contributed by atoms with E-state index in [1.807, 2.05) is 13.0 Å². The minimum Gasteiger partial charge on any atom is -0.491 e. The lowest BCUT2D eigenvalue weighted by atomic mass is 9.96. The van der Waals surface area contributed by atoms with Crippen LogP contribution in [0.25, 0.3) is 22.2 Å². The summed E-state index contributed by atoms with van der Waals surface area (Å²) in [4.78, 5) is 33.6. The first-order valence-corrected chi connectivity index (χ1v) is 16.6. The molecule has 0 saturated carbocycles. The molecule has 1 amide bonds. The summed E-state index contributed by atoms with van der Waals surface area (Å²) < 4.78 is 25.4. The van der Waals surface area contributed by atoms with Gasteiger partial charge in [-0.1, -0.05) is 20.8 Å². The van der Waals surface area contributed by atoms with Gasteiger partial charge in [-0.3, -0.25) is 9.78 Å². The number of pyridine rings is 2. The van der Waals surface area contributed by atoms with Crippen molar-refractivity contribution in [3.05, 3.63) is 36.3 Å². The van der Waals surface area contributed by atoms with E-state index in [9.17, 15) is 14.7 Å². The summed E-state index contributed by atoms with van der Waals surface area (Å²) >= 11 is 0. The normalized spacial score (nSPS) is 18.4. The number of amides is 1. The molecule has 1 aliphatic heterocycles. The molecule has 0 radical (unpaired) electrons. The lowest BCUT2D eigenvalue weighted by Crippen LogP contribution is -2.44. The molecular formula is C29H40N4O7Si. The van der Waals surface area contributed by atoms with E-state index in [0.29, 0.717) is 59.8 Å². The van der Waals surface area contributed by atoms with Crippen LogP contribution < -0.4 is 10.1 Å². The van der Waals surface area contributed by atoms with E-state index < -0.39 is 25.9 Å². The molecule has 3 aromatic heterocycles. The topological polar surface area (TPSA) is 134 Å². The van der Waals surface area contributed by atoms with Crippen LogP contribution in [0, 0.1) is 0 Å². The van der Waals surface area contributed by atoms with Crippen LogP contribution >= 0.6 is 0 Å². The van der Waals surface area contributed by atoms with Gasteiger partial charge in [0.25, 0.3) is 0 Å². The van der Waals surface area contributed by atoms with Gasteiger partial charge < -0.3 is 29.1 Å². The molecule has 0 bridgehead atoms. The fraction of sp³-hybridized carbons (Fsp3) is 0.517. The Bertz CT molecular complexity index is 1440. The Morgan fingerprint density at radius 3 is 2.61 bits per heavy atom. The van der Waals surface area contributed by atoms with E-state index >= 15 is 0 Å². The van der Waals surface area contributed by atoms with Crippen LogP contribution in [-0.4, -0.2) is 73.0 Å². The molecule has 3 aromatic rings. The monoisotopic (exact) mass is 584 g/mol. The van der Waals surface area contributed by atoms with Gasteiger partial charge in [-0.05, 0) is 31.1 Å². The smallest absolute Gasteiger partial charge is 0.417 e. The lowest BCUT2D eigenvalue weighted by Gasteiger charge is -2.38. The molecule has 222 valence electrons. The molecule has 0 spiro atoms. The van der Waals surface area contributed by atoms with Crippen LogP contribution in [0.4, 0.5) is 10.6 Å². The Balaban J connectivity index is 1.85. The molecule has 0 aliphatic carbocycles. The molecule has 4 rings (SSSR count). The fourth-order valence-corrected chi connectivity index (χ4v) is 6.20. The molecule has 1 fully saturated rings. The second-order valence-corrected chi connectivity index (χ2v) is 16.7. The number of ether oxygens (including phenoxy) is 3. The molecule has 2 N–H and O–H groups in total. The number of hydrogen-bond donors (Lipinski definition) is 2. The number of hydrogen-bond acceptors (Lipinski definition) is 8. The molecule has 1 saturated heterocycles. The van der Waals surface area contributed by atoms with Crippen molar-refractivity contribution in [3.8, 4) is 17.0 Å². The molecular weight excluding hydrogens is 544 g/mol. The summed E-state index contributed by atoms with van der Waals surface area (Å²) in [5, 5.41) is 13.4. The largest absolute Gasteiger partial charge is 0.491 e. The van der Waals surface area contributed by atoms with Gasteiger partial charge in [0, 0.05) is 50.8 Å². The van der Waals surface area contributed by atoms with Crippen LogP contribution in [0.1, 0.15) is 46.7 Å². The number of nitrogens with one attached hydrogen (secondary N) is 1. The molecule has 41 heavy (non-hydrogen) atoms. The van der Waals surface area contributed by atoms with Crippen LogP contribution in [0.15, 0.2) is 30.6 Å². The van der Waals surface area contributed by atoms with Gasteiger partial charge >= 0.3 is 6.09 Å². The average molecular weight is 585 g/mol. The summed E-state index contributed by atoms with van der Waals surface area (Å²) in [6.45, 7) is 15.4. The zero-order valence-corrected chi connectivity index (χ0v) is 26.0. The van der Waals surface area contributed by atoms with Gasteiger partial charge in [0.15, 0.2) is 8.32 Å². The van der Waals surface area contributed by atoms with Gasteiger partial charge in [-0.15, -0.1) is 0 Å². The van der Waals surface area contributed by atoms with E-state index in [2.05, 4.69) is 44.2 Å². The van der Waals surface area contributed by atoms with Crippen molar-refractivity contribution in [2.45, 2.75) is 70.9 Å². The minimum atomic E-state index is -2.01. The van der Waals surface area contributed by atoms with Crippen LogP contribution in [0.2, 0.25) is 18.1 Å². The van der Waals surface area contributed by atoms with E-state index in [0.717, 1.165) is 4.57 Å². The third-order valence-electron chi connectivity index (χ3n) is 7.94. The summed E-state index contributed by atoms with van der Waals surface area (Å²) in [5.74, 6) is 0.164. The van der Waals surface area contributed by atoms with Gasteiger partial charge in [-0.2, -0.15) is 0 Å². The Hall–Kier alpha value is -3.32. The van der Waals surface area contributed by atoms with Crippen molar-refractivity contribution in [1.82, 2.24) is 14.5 Å². The molecule has 1 aliphatic rings. The van der Waals surface area contributed by atoms with Crippen molar-refractivity contribution in [2.24, 2.45) is 0 Å². The zero-order chi connectivity index (χ0) is 30.2. The Labute approximate surface area is 241 Å². The van der Waals surface area contributed by atoms with E-state index in [4.69, 9.17) is 23.6 Å². The lowest BCUT2D eigenvalue weighted by molar-refractivity contribution is -0.114. The quantitative estimate of drug-likeness (QED) is 0.307. The van der Waals surface area contributed by atoms with Crippen molar-refractivity contribution < 1.29 is 33.3 Å². The second kappa shape index (κ2) is 11.5. The molecule has 11 nitrogen and oxygen atoms in total. The van der Waals surface area contributed by atoms with Gasteiger partial charge in [0.2, 0.25) is 5.91 Å². The zero-order valence-electron chi connectivity index (χ0n) is 25.0. The van der Waals surface area contributed by atoms with Gasteiger partial charge in [-0.25, -0.2) is 14.3 Å². The highest BCUT2D eigenvalue weighted by atomic mass is 28.4. The van der Waals surface area contributed by atoms with E-state index in [1.54, 1.807) is 25.4 Å². The predicted molar refractivity (Wildman–Crippen MR) is 158 cm³/mol. The highest BCUT2D eigenvalue weighted by Gasteiger charge is 2.40. The maximum atomic E-state index is 12.4. The van der Waals surface area contributed by atoms with E-state index in [1.165, 1.54) is 13.1 Å². The van der Waals surface area contributed by atoms with Crippen molar-refractivity contribution in [1.29, 1.82) is 0 Å². The molecule has 1 unspecified atom stereocenters. The van der Waals surface area contributed by atoms with Crippen LogP contribution in [-0.2, 0) is 24.3 Å². The number of rotatable bonds is 9. The van der Waals surface area contributed by atoms with E-state index in [-0.39, 0.29) is 17.0 Å². The minimum absolute atomic E-state index is 0.0545. The number of carbonyl (C=O) groups is 2. The first-order valence-electron chi connectivity index (χ1n) is 13.6. The van der Waals surface area contributed by atoms with Gasteiger partial charge in [0.05, 0.1) is 41.4 Å². The number of carbonyl (C=O) groups excluding carboxylic acids is 1. The third-order valence-corrected chi connectivity index (χ3v) is 12.5. The predicted octanol–water partition coefficient (Wildman–Crippen LogP) is 5.63. The molecule has 4 heterocycles. The number of aromatic nitrogens is 3. The summed E-state index contributed by atoms with van der Waals surface area (Å²) in [5.41, 5.74) is 0.941. The second-order valence-electron chi connectivity index (χ2n) is 12.0. The molecule has 12 heteroatoms. The maximum absolute atomic E-state index is 12.4. The Morgan fingerprint density at radius 2 is 2.02 bits per heavy atom. The Kier molecular flexibility index (Phi) is 8.60. The number of methoxy groups -OCH3 is 1. The Morgan fingerprint density at radius 1 is 1.29 bits per heavy atom. The number of carboxylic acid groups (broad SMARTS) is 1. The highest BCUT2D eigenvalue weighted by molar-refractivity contribution is 6.74. The maximum Gasteiger partial charge on any atom is 0.417 e. The SMILES string of the molecule is CO[C@@]1(c2cc(OCC(C)O[Si](C)(C)C(C)(C)C)cc(-c3c(NC(C)=O)n(C(=O)O)c4cnccc34)n2)CCOC1.